The number of thioether (sulfide) groups is 1. The van der Waals surface area contributed by atoms with E-state index < -0.39 is 66.5 Å². The fraction of sp³-hybridized carbons (Fsp3) is 0.765. The number of hydrogen-bond donors (Lipinski definition) is 7. The van der Waals surface area contributed by atoms with E-state index in [1.807, 2.05) is 6.26 Å². The number of aliphatic hydroxyl groups excluding tert-OH is 2. The molecule has 0 bridgehead atoms. The van der Waals surface area contributed by atoms with Gasteiger partial charge >= 0.3 is 5.97 Å². The molecule has 5 atom stereocenters. The second-order valence-electron chi connectivity index (χ2n) is 6.92. The van der Waals surface area contributed by atoms with E-state index in [0.29, 0.717) is 5.75 Å². The normalized spacial score (nSPS) is 16.3. The summed E-state index contributed by atoms with van der Waals surface area (Å²) >= 11 is 1.44. The fourth-order valence-electron chi connectivity index (χ4n) is 2.22. The Bertz CT molecular complexity index is 574. The zero-order chi connectivity index (χ0) is 22.7. The number of carbonyl (C=O) groups excluding carboxylic acids is 3. The zero-order valence-corrected chi connectivity index (χ0v) is 17.9. The third-order valence-electron chi connectivity index (χ3n) is 4.11. The van der Waals surface area contributed by atoms with Crippen LogP contribution in [0, 0.1) is 5.92 Å². The smallest absolute Gasteiger partial charge is 0.326 e. The highest BCUT2D eigenvalue weighted by Crippen LogP contribution is 2.06. The maximum Gasteiger partial charge on any atom is 0.326 e. The molecule has 0 saturated carbocycles. The van der Waals surface area contributed by atoms with E-state index in [2.05, 4.69) is 16.0 Å². The molecule has 29 heavy (non-hydrogen) atoms. The Morgan fingerprint density at radius 2 is 1.52 bits per heavy atom. The Hall–Kier alpha value is -1.89. The minimum absolute atomic E-state index is 0.216. The van der Waals surface area contributed by atoms with Crippen LogP contribution < -0.4 is 21.7 Å². The first-order chi connectivity index (χ1) is 13.5. The Kier molecular flexibility index (Phi) is 12.5. The molecular formula is C17H32N4O7S. The number of carboxylic acid groups (broad SMARTS) is 1. The molecule has 8 N–H and O–H groups in total. The number of carboxylic acids is 1. The standard InChI is InChI=1S/C17H32N4O7S/c1-8(2)13(16(26)19-10(17(27)28)5-6-29-4)21-14(24)11(7-22)20-15(25)12(18)9(3)23/h8-13,22-23H,5-7,18H2,1-4H3,(H,19,26)(H,20,25)(H,21,24)(H,27,28). The monoisotopic (exact) mass is 436 g/mol. The summed E-state index contributed by atoms with van der Waals surface area (Å²) < 4.78 is 0. The predicted octanol–water partition coefficient (Wildman–Crippen LogP) is -2.37. The van der Waals surface area contributed by atoms with Gasteiger partial charge in [0.25, 0.3) is 0 Å². The van der Waals surface area contributed by atoms with Crippen molar-refractivity contribution in [1.29, 1.82) is 0 Å². The molecule has 0 aliphatic carbocycles. The lowest BCUT2D eigenvalue weighted by molar-refractivity contribution is -0.142. The van der Waals surface area contributed by atoms with E-state index in [1.165, 1.54) is 18.7 Å². The summed E-state index contributed by atoms with van der Waals surface area (Å²) in [5.41, 5.74) is 5.49. The minimum atomic E-state index is -1.40. The van der Waals surface area contributed by atoms with Crippen LogP contribution in [0.1, 0.15) is 27.2 Å². The summed E-state index contributed by atoms with van der Waals surface area (Å²) in [4.78, 5) is 48.2. The maximum atomic E-state index is 12.5. The van der Waals surface area contributed by atoms with Crippen LogP contribution in [0.25, 0.3) is 0 Å². The molecule has 0 radical (unpaired) electrons. The third-order valence-corrected chi connectivity index (χ3v) is 4.75. The van der Waals surface area contributed by atoms with E-state index in [0.717, 1.165) is 0 Å². The van der Waals surface area contributed by atoms with E-state index in [-0.39, 0.29) is 6.42 Å². The van der Waals surface area contributed by atoms with Gasteiger partial charge in [0.05, 0.1) is 12.7 Å². The van der Waals surface area contributed by atoms with Gasteiger partial charge in [0.15, 0.2) is 0 Å². The topological polar surface area (TPSA) is 191 Å². The van der Waals surface area contributed by atoms with Crippen LogP contribution in [0.2, 0.25) is 0 Å². The Morgan fingerprint density at radius 3 is 1.93 bits per heavy atom. The van der Waals surface area contributed by atoms with Crippen LogP contribution in [0.15, 0.2) is 0 Å². The quantitative estimate of drug-likeness (QED) is 0.165. The molecule has 0 fully saturated rings. The highest BCUT2D eigenvalue weighted by atomic mass is 32.2. The predicted molar refractivity (Wildman–Crippen MR) is 108 cm³/mol. The molecule has 5 unspecified atom stereocenters. The molecular weight excluding hydrogens is 404 g/mol. The number of hydrogen-bond acceptors (Lipinski definition) is 8. The zero-order valence-electron chi connectivity index (χ0n) is 17.0. The molecule has 0 aliphatic rings. The van der Waals surface area contributed by atoms with Crippen molar-refractivity contribution in [3.8, 4) is 0 Å². The van der Waals surface area contributed by atoms with Gasteiger partial charge in [-0.05, 0) is 31.3 Å². The van der Waals surface area contributed by atoms with Gasteiger partial charge in [0.1, 0.15) is 24.2 Å². The molecule has 0 aromatic heterocycles. The summed E-state index contributed by atoms with van der Waals surface area (Å²) in [6, 6.07) is -4.89. The second kappa shape index (κ2) is 13.4. The molecule has 168 valence electrons. The molecule has 12 heteroatoms. The lowest BCUT2D eigenvalue weighted by Gasteiger charge is -2.26. The van der Waals surface area contributed by atoms with Crippen molar-refractivity contribution in [2.75, 3.05) is 18.6 Å². The highest BCUT2D eigenvalue weighted by Gasteiger charge is 2.32. The first-order valence-corrected chi connectivity index (χ1v) is 10.5. The van der Waals surface area contributed by atoms with Crippen molar-refractivity contribution in [3.05, 3.63) is 0 Å². The van der Waals surface area contributed by atoms with Crippen molar-refractivity contribution in [2.45, 2.75) is 57.5 Å². The first kappa shape index (κ1) is 27.1. The van der Waals surface area contributed by atoms with E-state index in [9.17, 15) is 34.5 Å². The summed E-state index contributed by atoms with van der Waals surface area (Å²) in [6.45, 7) is 3.84. The maximum absolute atomic E-state index is 12.5. The number of aliphatic hydroxyl groups is 2. The fourth-order valence-corrected chi connectivity index (χ4v) is 2.70. The third kappa shape index (κ3) is 9.43. The van der Waals surface area contributed by atoms with Gasteiger partial charge in [-0.2, -0.15) is 11.8 Å². The van der Waals surface area contributed by atoms with Gasteiger partial charge in [-0.15, -0.1) is 0 Å². The molecule has 0 heterocycles. The second-order valence-corrected chi connectivity index (χ2v) is 7.91. The Balaban J connectivity index is 5.15. The number of aliphatic carboxylic acids is 1. The highest BCUT2D eigenvalue weighted by molar-refractivity contribution is 7.98. The van der Waals surface area contributed by atoms with Crippen molar-refractivity contribution in [2.24, 2.45) is 11.7 Å². The van der Waals surface area contributed by atoms with Crippen LogP contribution in [0.5, 0.6) is 0 Å². The Morgan fingerprint density at radius 1 is 0.966 bits per heavy atom. The van der Waals surface area contributed by atoms with Gasteiger partial charge in [-0.25, -0.2) is 4.79 Å². The van der Waals surface area contributed by atoms with Gasteiger partial charge in [-0.3, -0.25) is 14.4 Å². The van der Waals surface area contributed by atoms with E-state index in [4.69, 9.17) is 5.73 Å². The average molecular weight is 437 g/mol. The molecule has 0 aliphatic heterocycles. The van der Waals surface area contributed by atoms with Crippen LogP contribution in [-0.2, 0) is 19.2 Å². The molecule has 0 aromatic carbocycles. The first-order valence-electron chi connectivity index (χ1n) is 9.13. The molecule has 0 saturated heterocycles. The van der Waals surface area contributed by atoms with Crippen LogP contribution >= 0.6 is 11.8 Å². The summed E-state index contributed by atoms with van der Waals surface area (Å²) in [5.74, 6) is -3.44. The van der Waals surface area contributed by atoms with Gasteiger partial charge in [-0.1, -0.05) is 13.8 Å². The Labute approximate surface area is 174 Å². The van der Waals surface area contributed by atoms with Crippen molar-refractivity contribution >= 4 is 35.5 Å². The van der Waals surface area contributed by atoms with Crippen molar-refractivity contribution in [1.82, 2.24) is 16.0 Å². The van der Waals surface area contributed by atoms with Gasteiger partial charge < -0.3 is 37.0 Å². The van der Waals surface area contributed by atoms with Crippen LogP contribution in [0.4, 0.5) is 0 Å². The summed E-state index contributed by atoms with van der Waals surface area (Å²) in [6.07, 6.45) is 0.860. The number of amides is 3. The summed E-state index contributed by atoms with van der Waals surface area (Å²) in [7, 11) is 0. The molecule has 11 nitrogen and oxygen atoms in total. The summed E-state index contributed by atoms with van der Waals surface area (Å²) in [5, 5.41) is 35.0. The lowest BCUT2D eigenvalue weighted by atomic mass is 10.0. The molecule has 0 aromatic rings. The SMILES string of the molecule is CSCCC(NC(=O)C(NC(=O)C(CO)NC(=O)C(N)C(C)O)C(C)C)C(=O)O. The van der Waals surface area contributed by atoms with E-state index >= 15 is 0 Å². The van der Waals surface area contributed by atoms with Crippen molar-refractivity contribution < 1.29 is 34.5 Å². The number of carbonyl (C=O) groups is 4. The van der Waals surface area contributed by atoms with E-state index in [1.54, 1.807) is 13.8 Å². The lowest BCUT2D eigenvalue weighted by Crippen LogP contribution is -2.60. The number of nitrogens with one attached hydrogen (secondary N) is 3. The minimum Gasteiger partial charge on any atom is -0.480 e. The average Bonchev–Trinajstić information content (AvgIpc) is 2.65. The largest absolute Gasteiger partial charge is 0.480 e. The number of nitrogens with two attached hydrogens (primary N) is 1. The molecule has 0 rings (SSSR count). The molecule has 0 spiro atoms. The van der Waals surface area contributed by atoms with Gasteiger partial charge in [0, 0.05) is 0 Å². The van der Waals surface area contributed by atoms with Crippen LogP contribution in [-0.4, -0.2) is 87.9 Å². The molecule has 3 amide bonds. The van der Waals surface area contributed by atoms with Gasteiger partial charge in [0.2, 0.25) is 17.7 Å². The van der Waals surface area contributed by atoms with Crippen LogP contribution in [0.3, 0.4) is 0 Å². The van der Waals surface area contributed by atoms with Crippen molar-refractivity contribution in [3.63, 3.8) is 0 Å². The number of rotatable bonds is 13.